The Labute approximate surface area is 67.1 Å². The lowest BCUT2D eigenvalue weighted by atomic mass is 10.8. The molecule has 0 saturated heterocycles. The lowest BCUT2D eigenvalue weighted by molar-refractivity contribution is 0.222. The van der Waals surface area contributed by atoms with E-state index in [4.69, 9.17) is 4.55 Å². The van der Waals surface area contributed by atoms with Gasteiger partial charge in [0.15, 0.2) is 0 Å². The van der Waals surface area contributed by atoms with Gasteiger partial charge in [-0.05, 0) is 0 Å². The van der Waals surface area contributed by atoms with Gasteiger partial charge in [0.05, 0.1) is 19.5 Å². The van der Waals surface area contributed by atoms with Gasteiger partial charge in [-0.15, -0.1) is 0 Å². The Balaban J connectivity index is 3.37. The van der Waals surface area contributed by atoms with Crippen molar-refractivity contribution in [3.8, 4) is 0 Å². The van der Waals surface area contributed by atoms with Crippen molar-refractivity contribution in [2.75, 3.05) is 19.5 Å². The van der Waals surface area contributed by atoms with Crippen LogP contribution in [0.1, 0.15) is 0 Å². The summed E-state index contributed by atoms with van der Waals surface area (Å²) in [6.45, 7) is -0.499. The van der Waals surface area contributed by atoms with Crippen LogP contribution < -0.4 is 0 Å². The summed E-state index contributed by atoms with van der Waals surface area (Å²) < 4.78 is 46.6. The van der Waals surface area contributed by atoms with Crippen LogP contribution in [-0.4, -0.2) is 36.6 Å². The van der Waals surface area contributed by atoms with E-state index in [0.717, 1.165) is 6.26 Å². The monoisotopic (exact) mass is 204 g/mol. The summed E-state index contributed by atoms with van der Waals surface area (Å²) in [7, 11) is -3.48. The van der Waals surface area contributed by atoms with E-state index < -0.39 is 21.5 Å². The van der Waals surface area contributed by atoms with Crippen LogP contribution in [0, 0.1) is 0 Å². The van der Waals surface area contributed by atoms with Gasteiger partial charge < -0.3 is 0 Å². The van der Waals surface area contributed by atoms with Crippen LogP contribution in [0.25, 0.3) is 0 Å². The normalized spacial score (nSPS) is 14.7. The Morgan fingerprint density at radius 3 is 2.36 bits per heavy atom. The minimum atomic E-state index is -3.48. The third-order valence-corrected chi connectivity index (χ3v) is 1.53. The second kappa shape index (κ2) is 4.78. The molecule has 0 aromatic heterocycles. The number of hydrogen-bond donors (Lipinski definition) is 1. The predicted molar refractivity (Wildman–Crippen MR) is 37.5 cm³/mol. The van der Waals surface area contributed by atoms with Crippen molar-refractivity contribution in [2.45, 2.75) is 0 Å². The highest BCUT2D eigenvalue weighted by molar-refractivity contribution is 7.86. The molecular formula is C3H8O6S2. The molecule has 0 saturated carbocycles. The largest absolute Gasteiger partial charge is 0.301 e. The number of rotatable bonds is 5. The second-order valence-electron chi connectivity index (χ2n) is 1.57. The van der Waals surface area contributed by atoms with Crippen molar-refractivity contribution in [3.05, 3.63) is 0 Å². The van der Waals surface area contributed by atoms with Crippen LogP contribution >= 0.6 is 0 Å². The maximum Gasteiger partial charge on any atom is 0.301 e. The summed E-state index contributed by atoms with van der Waals surface area (Å²) in [5, 5.41) is 0. The molecule has 0 aromatic carbocycles. The zero-order valence-electron chi connectivity index (χ0n) is 5.72. The van der Waals surface area contributed by atoms with Crippen molar-refractivity contribution < 1.29 is 25.5 Å². The molecule has 6 nitrogen and oxygen atoms in total. The molecule has 68 valence electrons. The molecule has 1 N–H and O–H groups in total. The van der Waals surface area contributed by atoms with E-state index in [1.54, 1.807) is 0 Å². The first-order chi connectivity index (χ1) is 4.92. The minimum Gasteiger partial charge on any atom is -0.284 e. The standard InChI is InChI=1S/C3H8O6S2/c1-11(6,7)9-3-2-8-10(4)5/h2-3H2,1H3,(H,4,5). The molecule has 0 aliphatic carbocycles. The summed E-state index contributed by atoms with van der Waals surface area (Å²) in [5.41, 5.74) is 0. The zero-order valence-corrected chi connectivity index (χ0v) is 7.35. The first kappa shape index (κ1) is 11.0. The Hall–Kier alpha value is -0.0200. The van der Waals surface area contributed by atoms with Crippen LogP contribution in [0.15, 0.2) is 0 Å². The highest BCUT2D eigenvalue weighted by atomic mass is 32.2. The first-order valence-electron chi connectivity index (χ1n) is 2.50. The highest BCUT2D eigenvalue weighted by Crippen LogP contribution is 1.87. The van der Waals surface area contributed by atoms with Crippen molar-refractivity contribution >= 4 is 21.5 Å². The molecule has 1 unspecified atom stereocenters. The van der Waals surface area contributed by atoms with Gasteiger partial charge >= 0.3 is 11.4 Å². The van der Waals surface area contributed by atoms with Gasteiger partial charge in [-0.3, -0.25) is 12.9 Å². The summed E-state index contributed by atoms with van der Waals surface area (Å²) in [4.78, 5) is 0. The Kier molecular flexibility index (Phi) is 4.77. The quantitative estimate of drug-likeness (QED) is 0.355. The SMILES string of the molecule is CS(=O)(=O)OCCOS(=O)O. The number of hydrogen-bond acceptors (Lipinski definition) is 5. The average Bonchev–Trinajstić information content (AvgIpc) is 1.78. The van der Waals surface area contributed by atoms with E-state index in [0.29, 0.717) is 0 Å². The zero-order chi connectivity index (χ0) is 8.91. The molecule has 0 aliphatic rings. The lowest BCUT2D eigenvalue weighted by Crippen LogP contribution is -2.10. The van der Waals surface area contributed by atoms with E-state index in [-0.39, 0.29) is 13.2 Å². The van der Waals surface area contributed by atoms with Gasteiger partial charge in [0.25, 0.3) is 10.1 Å². The summed E-state index contributed by atoms with van der Waals surface area (Å²) in [5.74, 6) is 0. The van der Waals surface area contributed by atoms with Crippen molar-refractivity contribution in [1.82, 2.24) is 0 Å². The molecule has 1 atom stereocenters. The third kappa shape index (κ3) is 9.98. The summed E-state index contributed by atoms with van der Waals surface area (Å²) >= 11 is -2.37. The van der Waals surface area contributed by atoms with Crippen molar-refractivity contribution in [3.63, 3.8) is 0 Å². The Morgan fingerprint density at radius 2 is 2.00 bits per heavy atom. The van der Waals surface area contributed by atoms with Crippen LogP contribution in [0.4, 0.5) is 0 Å². The average molecular weight is 204 g/mol. The van der Waals surface area contributed by atoms with E-state index in [1.807, 2.05) is 0 Å². The predicted octanol–water partition coefficient (Wildman–Crippen LogP) is -0.884. The van der Waals surface area contributed by atoms with Gasteiger partial charge in [-0.2, -0.15) is 12.6 Å². The molecular weight excluding hydrogens is 196 g/mol. The fourth-order valence-corrected chi connectivity index (χ4v) is 0.872. The van der Waals surface area contributed by atoms with Gasteiger partial charge in [0.2, 0.25) is 0 Å². The van der Waals surface area contributed by atoms with E-state index >= 15 is 0 Å². The Bertz CT molecular complexity index is 218. The van der Waals surface area contributed by atoms with E-state index in [9.17, 15) is 12.6 Å². The molecule has 0 spiro atoms. The van der Waals surface area contributed by atoms with Crippen LogP contribution in [0.5, 0.6) is 0 Å². The van der Waals surface area contributed by atoms with Gasteiger partial charge in [0, 0.05) is 0 Å². The smallest absolute Gasteiger partial charge is 0.284 e. The molecule has 8 heteroatoms. The highest BCUT2D eigenvalue weighted by Gasteiger charge is 2.01. The fraction of sp³-hybridized carbons (Fsp3) is 1.00. The van der Waals surface area contributed by atoms with Gasteiger partial charge in [0.1, 0.15) is 0 Å². The first-order valence-corrected chi connectivity index (χ1v) is 5.35. The second-order valence-corrected chi connectivity index (χ2v) is 3.88. The van der Waals surface area contributed by atoms with Crippen LogP contribution in [0.2, 0.25) is 0 Å². The maximum atomic E-state index is 10.3. The summed E-state index contributed by atoms with van der Waals surface area (Å²) in [6.07, 6.45) is 0.878. The molecule has 0 heterocycles. The van der Waals surface area contributed by atoms with Crippen molar-refractivity contribution in [1.29, 1.82) is 0 Å². The topological polar surface area (TPSA) is 89.9 Å². The van der Waals surface area contributed by atoms with Gasteiger partial charge in [-0.1, -0.05) is 0 Å². The van der Waals surface area contributed by atoms with E-state index in [2.05, 4.69) is 8.37 Å². The molecule has 0 amide bonds. The van der Waals surface area contributed by atoms with Crippen LogP contribution in [0.3, 0.4) is 0 Å². The van der Waals surface area contributed by atoms with Crippen molar-refractivity contribution in [2.24, 2.45) is 0 Å². The van der Waals surface area contributed by atoms with Crippen LogP contribution in [-0.2, 0) is 29.8 Å². The molecule has 11 heavy (non-hydrogen) atoms. The maximum absolute atomic E-state index is 10.3. The fourth-order valence-electron chi connectivity index (χ4n) is 0.291. The molecule has 0 bridgehead atoms. The molecule has 0 radical (unpaired) electrons. The minimum absolute atomic E-state index is 0.240. The molecule has 0 aliphatic heterocycles. The summed E-state index contributed by atoms with van der Waals surface area (Å²) in [6, 6.07) is 0. The third-order valence-electron chi connectivity index (χ3n) is 0.565. The van der Waals surface area contributed by atoms with E-state index in [1.165, 1.54) is 0 Å². The molecule has 0 fully saturated rings. The van der Waals surface area contributed by atoms with Gasteiger partial charge in [-0.25, -0.2) is 0 Å². The molecule has 0 aromatic rings. The lowest BCUT2D eigenvalue weighted by Gasteiger charge is -1.98. The molecule has 0 rings (SSSR count). The Morgan fingerprint density at radius 1 is 1.45 bits per heavy atom.